The van der Waals surface area contributed by atoms with Crippen LogP contribution in [0, 0.1) is 2.88 Å². The summed E-state index contributed by atoms with van der Waals surface area (Å²) in [7, 11) is 0. The van der Waals surface area contributed by atoms with Gasteiger partial charge in [0.15, 0.2) is 0 Å². The Labute approximate surface area is 142 Å². The van der Waals surface area contributed by atoms with E-state index in [2.05, 4.69) is 53.0 Å². The Balaban J connectivity index is 1.76. The molecule has 1 aromatic carbocycles. The van der Waals surface area contributed by atoms with E-state index in [0.717, 1.165) is 5.02 Å². The maximum absolute atomic E-state index is 5.96. The highest BCUT2D eigenvalue weighted by Gasteiger charge is 2.23. The van der Waals surface area contributed by atoms with Crippen LogP contribution in [0.2, 0.25) is 5.02 Å². The lowest BCUT2D eigenvalue weighted by Crippen LogP contribution is -2.27. The summed E-state index contributed by atoms with van der Waals surface area (Å²) in [6, 6.07) is 11.3. The van der Waals surface area contributed by atoms with Crippen molar-refractivity contribution in [3.05, 3.63) is 54.2 Å². The summed E-state index contributed by atoms with van der Waals surface area (Å²) in [6.45, 7) is 2.23. The highest BCUT2D eigenvalue weighted by atomic mass is 127. The van der Waals surface area contributed by atoms with Crippen LogP contribution in [-0.4, -0.2) is 0 Å². The van der Waals surface area contributed by atoms with Crippen molar-refractivity contribution in [3.8, 4) is 0 Å². The Morgan fingerprint density at radius 1 is 1.35 bits per heavy atom. The highest BCUT2D eigenvalue weighted by molar-refractivity contribution is 14.1. The normalized spacial score (nSPS) is 19.6. The number of benzene rings is 1. The largest absolute Gasteiger partial charge is 0.303 e. The lowest BCUT2D eigenvalue weighted by atomic mass is 9.93. The van der Waals surface area contributed by atoms with Gasteiger partial charge in [-0.1, -0.05) is 23.7 Å². The second kappa shape index (κ2) is 6.34. The van der Waals surface area contributed by atoms with Gasteiger partial charge in [0.2, 0.25) is 0 Å². The zero-order valence-corrected chi connectivity index (χ0v) is 15.1. The van der Waals surface area contributed by atoms with Crippen molar-refractivity contribution in [2.45, 2.75) is 38.3 Å². The van der Waals surface area contributed by atoms with E-state index in [0.29, 0.717) is 12.1 Å². The molecule has 1 N–H and O–H groups in total. The van der Waals surface area contributed by atoms with Gasteiger partial charge in [0.05, 0.1) is 2.88 Å². The first-order valence-electron chi connectivity index (χ1n) is 6.93. The van der Waals surface area contributed by atoms with Crippen molar-refractivity contribution in [1.82, 2.24) is 5.32 Å². The number of nitrogens with one attached hydrogen (secondary N) is 1. The third-order valence-electron chi connectivity index (χ3n) is 3.90. The molecule has 0 bridgehead atoms. The molecule has 0 amide bonds. The number of fused-ring (bicyclic) bond motifs is 1. The van der Waals surface area contributed by atoms with Crippen LogP contribution < -0.4 is 5.32 Å². The molecular weight excluding hydrogens is 401 g/mol. The molecule has 3 rings (SSSR count). The summed E-state index contributed by atoms with van der Waals surface area (Å²) in [6.07, 6.45) is 3.77. The number of hydrogen-bond donors (Lipinski definition) is 1. The van der Waals surface area contributed by atoms with Gasteiger partial charge in [-0.05, 0) is 78.1 Å². The van der Waals surface area contributed by atoms with Crippen molar-refractivity contribution in [2.75, 3.05) is 0 Å². The Hall–Kier alpha value is -0.100. The molecule has 1 aromatic heterocycles. The molecule has 0 aliphatic heterocycles. The van der Waals surface area contributed by atoms with E-state index in [4.69, 9.17) is 11.6 Å². The number of rotatable bonds is 3. The van der Waals surface area contributed by atoms with E-state index in [1.54, 1.807) is 4.88 Å². The molecule has 106 valence electrons. The second-order valence-electron chi connectivity index (χ2n) is 5.31. The molecule has 4 heteroatoms. The van der Waals surface area contributed by atoms with E-state index in [1.165, 1.54) is 33.3 Å². The van der Waals surface area contributed by atoms with Gasteiger partial charge >= 0.3 is 0 Å². The van der Waals surface area contributed by atoms with Crippen LogP contribution in [0.5, 0.6) is 0 Å². The smallest absolute Gasteiger partial charge is 0.0659 e. The molecule has 2 aromatic rings. The van der Waals surface area contributed by atoms with E-state index in [1.807, 2.05) is 23.5 Å². The van der Waals surface area contributed by atoms with Crippen LogP contribution in [0.15, 0.2) is 30.3 Å². The number of halogens is 2. The van der Waals surface area contributed by atoms with Crippen molar-refractivity contribution < 1.29 is 0 Å². The minimum atomic E-state index is 0.348. The minimum Gasteiger partial charge on any atom is -0.303 e. The SMILES string of the molecule is C[C@@H](NC1CCCc2sc(I)cc21)c1ccc(Cl)cc1. The maximum atomic E-state index is 5.96. The summed E-state index contributed by atoms with van der Waals surface area (Å²) < 4.78 is 1.40. The zero-order valence-electron chi connectivity index (χ0n) is 11.3. The molecule has 1 heterocycles. The lowest BCUT2D eigenvalue weighted by molar-refractivity contribution is 0.418. The number of thiophene rings is 1. The van der Waals surface area contributed by atoms with Gasteiger partial charge in [-0.3, -0.25) is 0 Å². The van der Waals surface area contributed by atoms with Crippen LogP contribution in [0.25, 0.3) is 0 Å². The minimum absolute atomic E-state index is 0.348. The monoisotopic (exact) mass is 417 g/mol. The van der Waals surface area contributed by atoms with E-state index < -0.39 is 0 Å². The average molecular weight is 418 g/mol. The van der Waals surface area contributed by atoms with Gasteiger partial charge in [0.1, 0.15) is 0 Å². The van der Waals surface area contributed by atoms with Crippen molar-refractivity contribution >= 4 is 45.5 Å². The number of hydrogen-bond acceptors (Lipinski definition) is 2. The molecule has 1 aliphatic carbocycles. The van der Waals surface area contributed by atoms with E-state index in [-0.39, 0.29) is 0 Å². The first kappa shape index (κ1) is 14.8. The molecule has 1 unspecified atom stereocenters. The molecule has 0 saturated heterocycles. The van der Waals surface area contributed by atoms with Gasteiger partial charge < -0.3 is 5.32 Å². The molecule has 0 radical (unpaired) electrons. The van der Waals surface area contributed by atoms with Gasteiger partial charge in [0.25, 0.3) is 0 Å². The van der Waals surface area contributed by atoms with Gasteiger partial charge in [-0.25, -0.2) is 0 Å². The van der Waals surface area contributed by atoms with Gasteiger partial charge in [-0.2, -0.15) is 0 Å². The predicted molar refractivity (Wildman–Crippen MR) is 95.7 cm³/mol. The second-order valence-corrected chi connectivity index (χ2v) is 8.78. The molecule has 2 atom stereocenters. The number of aryl methyl sites for hydroxylation is 1. The molecule has 0 fully saturated rings. The Morgan fingerprint density at radius 3 is 2.85 bits per heavy atom. The fourth-order valence-electron chi connectivity index (χ4n) is 2.84. The topological polar surface area (TPSA) is 12.0 Å². The molecule has 0 spiro atoms. The van der Waals surface area contributed by atoms with Crippen LogP contribution in [0.1, 0.15) is 47.9 Å². The molecule has 1 nitrogen and oxygen atoms in total. The van der Waals surface area contributed by atoms with Gasteiger partial charge in [-0.15, -0.1) is 11.3 Å². The van der Waals surface area contributed by atoms with Crippen molar-refractivity contribution in [2.24, 2.45) is 0 Å². The first-order valence-corrected chi connectivity index (χ1v) is 9.20. The fraction of sp³-hybridized carbons (Fsp3) is 0.375. The van der Waals surface area contributed by atoms with Crippen LogP contribution in [0.4, 0.5) is 0 Å². The maximum Gasteiger partial charge on any atom is 0.0659 e. The average Bonchev–Trinajstić information content (AvgIpc) is 2.81. The predicted octanol–water partition coefficient (Wildman–Crippen LogP) is 5.73. The fourth-order valence-corrected chi connectivity index (χ4v) is 5.09. The zero-order chi connectivity index (χ0) is 14.1. The Bertz CT molecular complexity index is 593. The Morgan fingerprint density at radius 2 is 2.10 bits per heavy atom. The summed E-state index contributed by atoms with van der Waals surface area (Å²) in [5, 5.41) is 4.58. The molecule has 20 heavy (non-hydrogen) atoms. The van der Waals surface area contributed by atoms with Crippen molar-refractivity contribution in [1.29, 1.82) is 0 Å². The standard InChI is InChI=1S/C16H17ClINS/c1-10(11-5-7-12(17)8-6-11)19-14-3-2-4-15-13(14)9-16(18)20-15/h5-10,14,19H,2-4H2,1H3/t10-,14?/m1/s1. The summed E-state index contributed by atoms with van der Waals surface area (Å²) in [4.78, 5) is 1.57. The van der Waals surface area contributed by atoms with Gasteiger partial charge in [0, 0.05) is 22.0 Å². The summed E-state index contributed by atoms with van der Waals surface area (Å²) in [5.74, 6) is 0. The molecule has 1 aliphatic rings. The van der Waals surface area contributed by atoms with Crippen LogP contribution in [-0.2, 0) is 6.42 Å². The molecular formula is C16H17ClINS. The summed E-state index contributed by atoms with van der Waals surface area (Å²) in [5.41, 5.74) is 2.82. The highest BCUT2D eigenvalue weighted by Crippen LogP contribution is 2.37. The van der Waals surface area contributed by atoms with Crippen molar-refractivity contribution in [3.63, 3.8) is 0 Å². The van der Waals surface area contributed by atoms with Crippen LogP contribution in [0.3, 0.4) is 0 Å². The lowest BCUT2D eigenvalue weighted by Gasteiger charge is -2.27. The summed E-state index contributed by atoms with van der Waals surface area (Å²) >= 11 is 10.3. The van der Waals surface area contributed by atoms with Crippen LogP contribution >= 0.6 is 45.5 Å². The quantitative estimate of drug-likeness (QED) is 0.628. The first-order chi connectivity index (χ1) is 9.63. The Kier molecular flexibility index (Phi) is 4.70. The van der Waals surface area contributed by atoms with E-state index >= 15 is 0 Å². The third-order valence-corrected chi connectivity index (χ3v) is 6.13. The third kappa shape index (κ3) is 3.21. The van der Waals surface area contributed by atoms with E-state index in [9.17, 15) is 0 Å². The molecule has 0 saturated carbocycles.